The molecule has 2 heterocycles. The summed E-state index contributed by atoms with van der Waals surface area (Å²) < 4.78 is 13.7. The molecule has 1 aromatic rings. The van der Waals surface area contributed by atoms with Crippen LogP contribution in [0.2, 0.25) is 5.02 Å². The van der Waals surface area contributed by atoms with Crippen LogP contribution in [0.5, 0.6) is 0 Å². The van der Waals surface area contributed by atoms with Gasteiger partial charge in [-0.1, -0.05) is 18.5 Å². The smallest absolute Gasteiger partial charge is 0.317 e. The maximum atomic E-state index is 13.7. The number of hydrogen-bond donors (Lipinski definition) is 1. The fourth-order valence-corrected chi connectivity index (χ4v) is 4.27. The summed E-state index contributed by atoms with van der Waals surface area (Å²) in [5.74, 6) is -1.34. The van der Waals surface area contributed by atoms with Gasteiger partial charge in [-0.25, -0.2) is 4.39 Å². The van der Waals surface area contributed by atoms with E-state index in [4.69, 9.17) is 16.7 Å². The van der Waals surface area contributed by atoms with E-state index in [9.17, 15) is 14.0 Å². The highest BCUT2D eigenvalue weighted by atomic mass is 35.5. The molecule has 1 atom stereocenters. The minimum absolute atomic E-state index is 0.00643. The van der Waals surface area contributed by atoms with Crippen molar-refractivity contribution in [3.05, 3.63) is 29.0 Å². The van der Waals surface area contributed by atoms with E-state index in [1.54, 1.807) is 11.0 Å². The molecule has 0 aromatic heterocycles. The summed E-state index contributed by atoms with van der Waals surface area (Å²) in [6.45, 7) is 4.82. The van der Waals surface area contributed by atoms with Crippen LogP contribution in [0.4, 0.5) is 10.1 Å². The molecule has 0 aliphatic carbocycles. The number of carboxylic acid groups (broad SMARTS) is 1. The molecule has 0 radical (unpaired) electrons. The Morgan fingerprint density at radius 1 is 1.30 bits per heavy atom. The highest BCUT2D eigenvalue weighted by Gasteiger charge is 2.38. The number of halogens is 2. The molecule has 0 bridgehead atoms. The SMILES string of the molecule is CCN(CC(=O)O)C1CCN(C2CCN(c3ccc(Cl)c(F)c3)C2=O)CC1. The molecule has 2 saturated heterocycles. The summed E-state index contributed by atoms with van der Waals surface area (Å²) >= 11 is 5.73. The summed E-state index contributed by atoms with van der Waals surface area (Å²) in [6.07, 6.45) is 2.40. The zero-order chi connectivity index (χ0) is 19.6. The van der Waals surface area contributed by atoms with Crippen molar-refractivity contribution < 1.29 is 19.1 Å². The second kappa shape index (κ2) is 8.54. The standard InChI is InChI=1S/C19H25ClFN3O3/c1-2-22(12-18(25)26)13-5-8-23(9-6-13)17-7-10-24(19(17)27)14-3-4-15(20)16(21)11-14/h3-4,11,13,17H,2,5-10,12H2,1H3,(H,25,26). The van der Waals surface area contributed by atoms with E-state index in [1.807, 2.05) is 11.8 Å². The van der Waals surface area contributed by atoms with Crippen molar-refractivity contribution in [1.29, 1.82) is 0 Å². The maximum absolute atomic E-state index is 13.7. The molecule has 3 rings (SSSR count). The predicted octanol–water partition coefficient (Wildman–Crippen LogP) is 2.46. The quantitative estimate of drug-likeness (QED) is 0.798. The van der Waals surface area contributed by atoms with Crippen LogP contribution in [0.1, 0.15) is 26.2 Å². The number of anilines is 1. The largest absolute Gasteiger partial charge is 0.480 e. The Bertz CT molecular complexity index is 709. The number of nitrogens with zero attached hydrogens (tertiary/aromatic N) is 3. The molecule has 0 saturated carbocycles. The van der Waals surface area contributed by atoms with Gasteiger partial charge in [0.2, 0.25) is 5.91 Å². The van der Waals surface area contributed by atoms with Gasteiger partial charge in [-0.05, 0) is 44.0 Å². The van der Waals surface area contributed by atoms with Gasteiger partial charge in [0.1, 0.15) is 5.82 Å². The van der Waals surface area contributed by atoms with Crippen LogP contribution in [-0.4, -0.2) is 71.6 Å². The fourth-order valence-electron chi connectivity index (χ4n) is 4.15. The van der Waals surface area contributed by atoms with Crippen LogP contribution in [-0.2, 0) is 9.59 Å². The molecule has 8 heteroatoms. The second-order valence-electron chi connectivity index (χ2n) is 7.12. The number of carboxylic acids is 1. The molecule has 1 aromatic carbocycles. The molecule has 6 nitrogen and oxygen atoms in total. The first-order chi connectivity index (χ1) is 12.9. The Hall–Kier alpha value is -1.70. The van der Waals surface area contributed by atoms with E-state index in [0.717, 1.165) is 25.9 Å². The Kier molecular flexibility index (Phi) is 6.34. The van der Waals surface area contributed by atoms with Gasteiger partial charge in [-0.2, -0.15) is 0 Å². The molecule has 1 amide bonds. The Balaban J connectivity index is 1.60. The average Bonchev–Trinajstić information content (AvgIpc) is 3.03. The molecular formula is C19H25ClFN3O3. The number of hydrogen-bond acceptors (Lipinski definition) is 4. The summed E-state index contributed by atoms with van der Waals surface area (Å²) in [6, 6.07) is 4.49. The molecular weight excluding hydrogens is 373 g/mol. The zero-order valence-electron chi connectivity index (χ0n) is 15.4. The molecule has 2 fully saturated rings. The van der Waals surface area contributed by atoms with Gasteiger partial charge in [0.15, 0.2) is 0 Å². The lowest BCUT2D eigenvalue weighted by atomic mass is 10.0. The van der Waals surface area contributed by atoms with Crippen LogP contribution in [0.3, 0.4) is 0 Å². The molecule has 0 spiro atoms. The van der Waals surface area contributed by atoms with E-state index in [-0.39, 0.29) is 29.6 Å². The van der Waals surface area contributed by atoms with E-state index in [0.29, 0.717) is 25.2 Å². The van der Waals surface area contributed by atoms with Crippen LogP contribution >= 0.6 is 11.6 Å². The zero-order valence-corrected chi connectivity index (χ0v) is 16.2. The van der Waals surface area contributed by atoms with Crippen molar-refractivity contribution in [1.82, 2.24) is 9.80 Å². The number of amides is 1. The number of carbonyl (C=O) groups is 2. The topological polar surface area (TPSA) is 64.1 Å². The maximum Gasteiger partial charge on any atom is 0.317 e. The van der Waals surface area contributed by atoms with Crippen LogP contribution < -0.4 is 4.90 Å². The molecule has 2 aliphatic rings. The number of aliphatic carboxylic acids is 1. The number of likely N-dealkylation sites (N-methyl/N-ethyl adjacent to an activating group) is 1. The molecule has 1 N–H and O–H groups in total. The minimum atomic E-state index is -0.809. The van der Waals surface area contributed by atoms with E-state index in [2.05, 4.69) is 4.90 Å². The predicted molar refractivity (Wildman–Crippen MR) is 102 cm³/mol. The number of benzene rings is 1. The van der Waals surface area contributed by atoms with Crippen molar-refractivity contribution in [3.8, 4) is 0 Å². The Morgan fingerprint density at radius 3 is 2.59 bits per heavy atom. The molecule has 2 aliphatic heterocycles. The summed E-state index contributed by atoms with van der Waals surface area (Å²) in [5, 5.41) is 9.09. The first-order valence-electron chi connectivity index (χ1n) is 9.37. The van der Waals surface area contributed by atoms with Gasteiger partial charge in [-0.3, -0.25) is 19.4 Å². The minimum Gasteiger partial charge on any atom is -0.480 e. The monoisotopic (exact) mass is 397 g/mol. The summed E-state index contributed by atoms with van der Waals surface area (Å²) in [5.41, 5.74) is 0.540. The normalized spacial score (nSPS) is 22.0. The lowest BCUT2D eigenvalue weighted by Gasteiger charge is -2.39. The van der Waals surface area contributed by atoms with E-state index < -0.39 is 11.8 Å². The lowest BCUT2D eigenvalue weighted by molar-refractivity contribution is -0.139. The molecule has 27 heavy (non-hydrogen) atoms. The van der Waals surface area contributed by atoms with Crippen molar-refractivity contribution in [2.45, 2.75) is 38.3 Å². The van der Waals surface area contributed by atoms with Crippen LogP contribution in [0.25, 0.3) is 0 Å². The van der Waals surface area contributed by atoms with Gasteiger partial charge in [0.05, 0.1) is 17.6 Å². The third-order valence-corrected chi connectivity index (χ3v) is 5.90. The summed E-state index contributed by atoms with van der Waals surface area (Å²) in [4.78, 5) is 29.7. The van der Waals surface area contributed by atoms with E-state index >= 15 is 0 Å². The number of carbonyl (C=O) groups excluding carboxylic acids is 1. The van der Waals surface area contributed by atoms with Gasteiger partial charge < -0.3 is 10.0 Å². The first kappa shape index (κ1) is 20.0. The third kappa shape index (κ3) is 4.42. The lowest BCUT2D eigenvalue weighted by Crippen LogP contribution is -2.51. The Labute approximate surface area is 163 Å². The van der Waals surface area contributed by atoms with Crippen LogP contribution in [0, 0.1) is 5.82 Å². The van der Waals surface area contributed by atoms with Crippen molar-refractivity contribution >= 4 is 29.2 Å². The van der Waals surface area contributed by atoms with Gasteiger partial charge in [0.25, 0.3) is 0 Å². The first-order valence-corrected chi connectivity index (χ1v) is 9.74. The molecule has 1 unspecified atom stereocenters. The van der Waals surface area contributed by atoms with Gasteiger partial charge >= 0.3 is 5.97 Å². The van der Waals surface area contributed by atoms with Crippen LogP contribution in [0.15, 0.2) is 18.2 Å². The summed E-state index contributed by atoms with van der Waals surface area (Å²) in [7, 11) is 0. The van der Waals surface area contributed by atoms with Gasteiger partial charge in [-0.15, -0.1) is 0 Å². The van der Waals surface area contributed by atoms with Crippen molar-refractivity contribution in [2.24, 2.45) is 0 Å². The van der Waals surface area contributed by atoms with Gasteiger partial charge in [0, 0.05) is 31.4 Å². The van der Waals surface area contributed by atoms with Crippen molar-refractivity contribution in [2.75, 3.05) is 37.6 Å². The number of piperidine rings is 1. The van der Waals surface area contributed by atoms with Crippen molar-refractivity contribution in [3.63, 3.8) is 0 Å². The third-order valence-electron chi connectivity index (χ3n) is 5.59. The second-order valence-corrected chi connectivity index (χ2v) is 7.52. The Morgan fingerprint density at radius 2 is 2.00 bits per heavy atom. The number of rotatable bonds is 6. The highest BCUT2D eigenvalue weighted by Crippen LogP contribution is 2.29. The highest BCUT2D eigenvalue weighted by molar-refractivity contribution is 6.30. The number of likely N-dealkylation sites (tertiary alicyclic amines) is 1. The van der Waals surface area contributed by atoms with E-state index in [1.165, 1.54) is 12.1 Å². The fraction of sp³-hybridized carbons (Fsp3) is 0.579. The average molecular weight is 398 g/mol. The molecule has 148 valence electrons.